The van der Waals surface area contributed by atoms with E-state index in [1.165, 1.54) is 29.7 Å². The van der Waals surface area contributed by atoms with Gasteiger partial charge in [0.25, 0.3) is 10.0 Å². The summed E-state index contributed by atoms with van der Waals surface area (Å²) in [4.78, 5) is 12.1. The van der Waals surface area contributed by atoms with E-state index >= 15 is 0 Å². The minimum absolute atomic E-state index is 0.155. The monoisotopic (exact) mass is 333 g/mol. The lowest BCUT2D eigenvalue weighted by Crippen LogP contribution is -2.12. The van der Waals surface area contributed by atoms with Crippen LogP contribution in [-0.2, 0) is 10.0 Å². The fourth-order valence-electron chi connectivity index (χ4n) is 1.66. The normalized spacial score (nSPS) is 11.1. The number of benzene rings is 1. The summed E-state index contributed by atoms with van der Waals surface area (Å²) in [7, 11) is -3.63. The summed E-state index contributed by atoms with van der Waals surface area (Å²) in [5.74, 6) is 0.444. The fourth-order valence-corrected chi connectivity index (χ4v) is 3.45. The van der Waals surface area contributed by atoms with Crippen molar-refractivity contribution in [3.63, 3.8) is 0 Å². The number of hydrogen-bond acceptors (Lipinski definition) is 7. The molecule has 0 saturated heterocycles. The molecule has 112 valence electrons. The second kappa shape index (κ2) is 6.08. The first-order valence-electron chi connectivity index (χ1n) is 6.20. The Morgan fingerprint density at radius 2 is 1.68 bits per heavy atom. The molecule has 0 amide bonds. The summed E-state index contributed by atoms with van der Waals surface area (Å²) in [6.07, 6.45) is 4.77. The molecule has 0 spiro atoms. The summed E-state index contributed by atoms with van der Waals surface area (Å²) < 4.78 is 26.8. The maximum Gasteiger partial charge on any atom is 0.263 e. The molecule has 1 aromatic carbocycles. The number of aromatic nitrogens is 3. The maximum atomic E-state index is 12.2. The molecule has 0 fully saturated rings. The van der Waals surface area contributed by atoms with E-state index in [1.54, 1.807) is 36.0 Å². The molecule has 3 rings (SSSR count). The second-order valence-electron chi connectivity index (χ2n) is 4.16. The molecule has 3 aromatic rings. The summed E-state index contributed by atoms with van der Waals surface area (Å²) in [6, 6.07) is 8.01. The fraction of sp³-hybridized carbons (Fsp3) is 0. The molecule has 2 heterocycles. The molecule has 2 N–H and O–H groups in total. The average Bonchev–Trinajstić information content (AvgIpc) is 3.01. The predicted octanol–water partition coefficient (Wildman–Crippen LogP) is 2.48. The van der Waals surface area contributed by atoms with Crippen LogP contribution < -0.4 is 10.0 Å². The highest BCUT2D eigenvalue weighted by Gasteiger charge is 2.15. The van der Waals surface area contributed by atoms with Crippen molar-refractivity contribution < 1.29 is 8.42 Å². The van der Waals surface area contributed by atoms with Gasteiger partial charge in [-0.1, -0.05) is 0 Å². The zero-order valence-electron chi connectivity index (χ0n) is 11.2. The third-order valence-electron chi connectivity index (χ3n) is 2.64. The van der Waals surface area contributed by atoms with Gasteiger partial charge in [0, 0.05) is 29.7 Å². The van der Waals surface area contributed by atoms with Crippen molar-refractivity contribution in [1.29, 1.82) is 0 Å². The SMILES string of the molecule is O=S(=O)(Nc1nccs1)c1ccc(Nc2ncccn2)cc1. The Labute approximate surface area is 131 Å². The van der Waals surface area contributed by atoms with E-state index in [4.69, 9.17) is 0 Å². The number of anilines is 3. The van der Waals surface area contributed by atoms with Crippen LogP contribution in [0.25, 0.3) is 0 Å². The largest absolute Gasteiger partial charge is 0.324 e. The number of thiazole rings is 1. The van der Waals surface area contributed by atoms with E-state index < -0.39 is 10.0 Å². The van der Waals surface area contributed by atoms with Gasteiger partial charge in [-0.3, -0.25) is 4.72 Å². The standard InChI is InChI=1S/C13H11N5O2S2/c19-22(20,18-13-16-8-9-21-13)11-4-2-10(3-5-11)17-12-14-6-1-7-15-12/h1-9H,(H,16,18)(H,14,15,17). The van der Waals surface area contributed by atoms with Crippen LogP contribution in [-0.4, -0.2) is 23.4 Å². The van der Waals surface area contributed by atoms with E-state index in [0.29, 0.717) is 16.8 Å². The van der Waals surface area contributed by atoms with E-state index in [-0.39, 0.29) is 4.90 Å². The van der Waals surface area contributed by atoms with E-state index in [9.17, 15) is 8.42 Å². The highest BCUT2D eigenvalue weighted by atomic mass is 32.2. The number of sulfonamides is 1. The average molecular weight is 333 g/mol. The summed E-state index contributed by atoms with van der Waals surface area (Å²) in [6.45, 7) is 0. The van der Waals surface area contributed by atoms with Gasteiger partial charge in [0.1, 0.15) is 0 Å². The molecule has 0 radical (unpaired) electrons. The molecule has 0 bridgehead atoms. The Morgan fingerprint density at radius 1 is 0.955 bits per heavy atom. The van der Waals surface area contributed by atoms with Crippen LogP contribution in [0.15, 0.2) is 59.2 Å². The predicted molar refractivity (Wildman–Crippen MR) is 84.7 cm³/mol. The van der Waals surface area contributed by atoms with E-state index in [1.807, 2.05) is 0 Å². The third-order valence-corrected chi connectivity index (χ3v) is 4.81. The number of hydrogen-bond donors (Lipinski definition) is 2. The van der Waals surface area contributed by atoms with Crippen molar-refractivity contribution in [2.75, 3.05) is 10.0 Å². The lowest BCUT2D eigenvalue weighted by Gasteiger charge is -2.07. The van der Waals surface area contributed by atoms with Gasteiger partial charge in [-0.25, -0.2) is 23.4 Å². The van der Waals surface area contributed by atoms with E-state index in [0.717, 1.165) is 0 Å². The van der Waals surface area contributed by atoms with E-state index in [2.05, 4.69) is 25.0 Å². The Hall–Kier alpha value is -2.52. The van der Waals surface area contributed by atoms with Gasteiger partial charge in [-0.2, -0.15) is 0 Å². The van der Waals surface area contributed by atoms with Crippen molar-refractivity contribution in [3.8, 4) is 0 Å². The van der Waals surface area contributed by atoms with Crippen LogP contribution in [0.1, 0.15) is 0 Å². The first kappa shape index (κ1) is 14.4. The summed E-state index contributed by atoms with van der Waals surface area (Å²) >= 11 is 1.22. The second-order valence-corrected chi connectivity index (χ2v) is 6.74. The highest BCUT2D eigenvalue weighted by Crippen LogP contribution is 2.20. The Morgan fingerprint density at radius 3 is 2.32 bits per heavy atom. The third kappa shape index (κ3) is 3.38. The maximum absolute atomic E-state index is 12.2. The number of nitrogens with zero attached hydrogens (tertiary/aromatic N) is 3. The van der Waals surface area contributed by atoms with Crippen molar-refractivity contribution in [2.24, 2.45) is 0 Å². The van der Waals surface area contributed by atoms with Gasteiger partial charge in [0.05, 0.1) is 4.90 Å². The molecule has 7 nitrogen and oxygen atoms in total. The van der Waals surface area contributed by atoms with Crippen LogP contribution in [0.3, 0.4) is 0 Å². The smallest absolute Gasteiger partial charge is 0.263 e. The van der Waals surface area contributed by atoms with Gasteiger partial charge in [0.2, 0.25) is 5.95 Å². The highest BCUT2D eigenvalue weighted by molar-refractivity contribution is 7.93. The van der Waals surface area contributed by atoms with Crippen LogP contribution in [0.5, 0.6) is 0 Å². The van der Waals surface area contributed by atoms with Crippen LogP contribution >= 0.6 is 11.3 Å². The lowest BCUT2D eigenvalue weighted by molar-refractivity contribution is 0.601. The van der Waals surface area contributed by atoms with Gasteiger partial charge in [0.15, 0.2) is 5.13 Å². The molecular weight excluding hydrogens is 322 g/mol. The molecule has 0 unspecified atom stereocenters. The summed E-state index contributed by atoms with van der Waals surface area (Å²) in [5, 5.41) is 5.01. The van der Waals surface area contributed by atoms with Gasteiger partial charge in [-0.05, 0) is 30.3 Å². The minimum Gasteiger partial charge on any atom is -0.324 e. The van der Waals surface area contributed by atoms with Crippen LogP contribution in [0.2, 0.25) is 0 Å². The zero-order chi connectivity index (χ0) is 15.4. The Bertz CT molecular complexity index is 834. The first-order valence-corrected chi connectivity index (χ1v) is 8.56. The van der Waals surface area contributed by atoms with Gasteiger partial charge < -0.3 is 5.32 Å². The molecular formula is C13H11N5O2S2. The lowest BCUT2D eigenvalue weighted by atomic mass is 10.3. The molecule has 9 heteroatoms. The molecule has 2 aromatic heterocycles. The van der Waals surface area contributed by atoms with Crippen molar-refractivity contribution in [3.05, 3.63) is 54.3 Å². The molecule has 0 aliphatic rings. The number of nitrogens with one attached hydrogen (secondary N) is 2. The quantitative estimate of drug-likeness (QED) is 0.744. The zero-order valence-corrected chi connectivity index (χ0v) is 12.8. The Kier molecular flexibility index (Phi) is 3.98. The molecule has 0 saturated carbocycles. The minimum atomic E-state index is -3.63. The van der Waals surface area contributed by atoms with Crippen molar-refractivity contribution in [2.45, 2.75) is 4.90 Å². The number of rotatable bonds is 5. The molecule has 0 aliphatic heterocycles. The molecule has 22 heavy (non-hydrogen) atoms. The van der Waals surface area contributed by atoms with Gasteiger partial charge in [-0.15, -0.1) is 11.3 Å². The van der Waals surface area contributed by atoms with Crippen molar-refractivity contribution >= 4 is 38.1 Å². The first-order chi connectivity index (χ1) is 10.6. The van der Waals surface area contributed by atoms with Crippen molar-refractivity contribution in [1.82, 2.24) is 15.0 Å². The Balaban J connectivity index is 1.76. The van der Waals surface area contributed by atoms with Crippen LogP contribution in [0.4, 0.5) is 16.8 Å². The molecule has 0 atom stereocenters. The molecule has 0 aliphatic carbocycles. The summed E-state index contributed by atoms with van der Waals surface area (Å²) in [5.41, 5.74) is 0.694. The van der Waals surface area contributed by atoms with Gasteiger partial charge >= 0.3 is 0 Å². The van der Waals surface area contributed by atoms with Crippen LogP contribution in [0, 0.1) is 0 Å². The topological polar surface area (TPSA) is 96.9 Å².